The van der Waals surface area contributed by atoms with Gasteiger partial charge in [-0.25, -0.2) is 0 Å². The first-order chi connectivity index (χ1) is 10.4. The summed E-state index contributed by atoms with van der Waals surface area (Å²) in [6.07, 6.45) is 1.22. The van der Waals surface area contributed by atoms with Gasteiger partial charge in [0, 0.05) is 12.1 Å². The second-order valence-electron chi connectivity index (χ2n) is 4.24. The lowest BCUT2D eigenvalue weighted by Gasteiger charge is -2.11. The number of hydrogen-bond acceptors (Lipinski definition) is 4. The molecule has 1 aromatic carbocycles. The van der Waals surface area contributed by atoms with E-state index < -0.39 is 4.74 Å². The fraction of sp³-hybridized carbons (Fsp3) is 0.357. The van der Waals surface area contributed by atoms with Crippen LogP contribution in [0.4, 0.5) is 4.39 Å². The SMILES string of the molecule is CC(C)=NOCCOc1c(Cl)cc(OC/C=C(\F)Br)cc1Cl. The Kier molecular flexibility index (Phi) is 8.60. The molecule has 0 saturated carbocycles. The molecule has 0 aromatic heterocycles. The Morgan fingerprint density at radius 3 is 2.41 bits per heavy atom. The summed E-state index contributed by atoms with van der Waals surface area (Å²) in [6, 6.07) is 3.08. The summed E-state index contributed by atoms with van der Waals surface area (Å²) in [4.78, 5) is 5.00. The van der Waals surface area contributed by atoms with Crippen molar-refractivity contribution < 1.29 is 18.7 Å². The lowest BCUT2D eigenvalue weighted by molar-refractivity contribution is 0.107. The summed E-state index contributed by atoms with van der Waals surface area (Å²) in [5.74, 6) is 0.744. The number of nitrogens with zero attached hydrogens (tertiary/aromatic N) is 1. The van der Waals surface area contributed by atoms with Gasteiger partial charge in [0.15, 0.2) is 17.1 Å². The number of benzene rings is 1. The highest BCUT2D eigenvalue weighted by Gasteiger charge is 2.10. The van der Waals surface area contributed by atoms with E-state index in [1.807, 2.05) is 13.8 Å². The van der Waals surface area contributed by atoms with Gasteiger partial charge in [0.1, 0.15) is 19.0 Å². The molecule has 1 rings (SSSR count). The molecule has 0 bridgehead atoms. The molecule has 22 heavy (non-hydrogen) atoms. The molecule has 0 saturated heterocycles. The van der Waals surface area contributed by atoms with E-state index in [9.17, 15) is 4.39 Å². The fourth-order valence-corrected chi connectivity index (χ4v) is 2.02. The molecular formula is C14H15BrCl2FNO3. The van der Waals surface area contributed by atoms with E-state index in [-0.39, 0.29) is 19.8 Å². The summed E-state index contributed by atoms with van der Waals surface area (Å²) < 4.78 is 22.7. The molecule has 0 aliphatic heterocycles. The predicted molar refractivity (Wildman–Crippen MR) is 90.3 cm³/mol. The van der Waals surface area contributed by atoms with Crippen molar-refractivity contribution in [3.8, 4) is 11.5 Å². The molecule has 0 fully saturated rings. The molecule has 0 amide bonds. The maximum atomic E-state index is 12.5. The van der Waals surface area contributed by atoms with Crippen molar-refractivity contribution in [3.05, 3.63) is 33.0 Å². The van der Waals surface area contributed by atoms with Crippen LogP contribution in [0.3, 0.4) is 0 Å². The highest BCUT2D eigenvalue weighted by molar-refractivity contribution is 9.11. The van der Waals surface area contributed by atoms with Gasteiger partial charge in [-0.15, -0.1) is 0 Å². The third-order valence-electron chi connectivity index (χ3n) is 2.13. The third kappa shape index (κ3) is 7.33. The Bertz CT molecular complexity index is 536. The van der Waals surface area contributed by atoms with Gasteiger partial charge in [-0.3, -0.25) is 0 Å². The lowest BCUT2D eigenvalue weighted by atomic mass is 10.3. The molecule has 0 spiro atoms. The van der Waals surface area contributed by atoms with Crippen LogP contribution in [0.1, 0.15) is 13.8 Å². The molecule has 0 aliphatic rings. The Morgan fingerprint density at radius 1 is 1.23 bits per heavy atom. The summed E-state index contributed by atoms with van der Waals surface area (Å²) in [5.41, 5.74) is 0.812. The fourth-order valence-electron chi connectivity index (χ4n) is 1.31. The van der Waals surface area contributed by atoms with E-state index in [1.54, 1.807) is 0 Å². The minimum atomic E-state index is -0.505. The summed E-state index contributed by atoms with van der Waals surface area (Å²) in [6.45, 7) is 4.21. The average molecular weight is 415 g/mol. The molecule has 0 unspecified atom stereocenters. The van der Waals surface area contributed by atoms with Gasteiger partial charge < -0.3 is 14.3 Å². The van der Waals surface area contributed by atoms with Crippen LogP contribution in [0, 0.1) is 0 Å². The third-order valence-corrected chi connectivity index (χ3v) is 3.01. The van der Waals surface area contributed by atoms with Crippen LogP contribution in [0.15, 0.2) is 28.1 Å². The van der Waals surface area contributed by atoms with E-state index in [0.717, 1.165) is 5.71 Å². The van der Waals surface area contributed by atoms with Gasteiger partial charge in [-0.05, 0) is 35.9 Å². The van der Waals surface area contributed by atoms with Gasteiger partial charge in [0.05, 0.1) is 15.8 Å². The van der Waals surface area contributed by atoms with Gasteiger partial charge in [0.2, 0.25) is 0 Å². The molecule has 1 aromatic rings. The van der Waals surface area contributed by atoms with Gasteiger partial charge in [-0.1, -0.05) is 28.4 Å². The van der Waals surface area contributed by atoms with Crippen molar-refractivity contribution in [1.29, 1.82) is 0 Å². The monoisotopic (exact) mass is 413 g/mol. The van der Waals surface area contributed by atoms with Crippen molar-refractivity contribution in [2.75, 3.05) is 19.8 Å². The van der Waals surface area contributed by atoms with Gasteiger partial charge in [0.25, 0.3) is 0 Å². The Morgan fingerprint density at radius 2 is 1.86 bits per heavy atom. The zero-order chi connectivity index (χ0) is 16.5. The smallest absolute Gasteiger partial charge is 0.165 e. The Balaban J connectivity index is 2.58. The lowest BCUT2D eigenvalue weighted by Crippen LogP contribution is -2.05. The van der Waals surface area contributed by atoms with Crippen LogP contribution in [-0.4, -0.2) is 25.5 Å². The van der Waals surface area contributed by atoms with E-state index in [2.05, 4.69) is 21.1 Å². The number of halogens is 4. The minimum absolute atomic E-state index is 0.0478. The first-order valence-corrected chi connectivity index (χ1v) is 7.84. The summed E-state index contributed by atoms with van der Waals surface area (Å²) >= 11 is 14.8. The van der Waals surface area contributed by atoms with E-state index in [0.29, 0.717) is 21.5 Å². The molecule has 122 valence electrons. The van der Waals surface area contributed by atoms with Crippen LogP contribution >= 0.6 is 39.1 Å². The largest absolute Gasteiger partial charge is 0.489 e. The summed E-state index contributed by atoms with van der Waals surface area (Å²) in [7, 11) is 0. The van der Waals surface area contributed by atoms with Crippen molar-refractivity contribution in [2.45, 2.75) is 13.8 Å². The number of ether oxygens (including phenoxy) is 2. The van der Waals surface area contributed by atoms with Crippen molar-refractivity contribution in [2.24, 2.45) is 5.16 Å². The average Bonchev–Trinajstić information content (AvgIpc) is 2.40. The van der Waals surface area contributed by atoms with Crippen LogP contribution < -0.4 is 9.47 Å². The molecule has 0 N–H and O–H groups in total. The van der Waals surface area contributed by atoms with Crippen LogP contribution in [0.5, 0.6) is 11.5 Å². The van der Waals surface area contributed by atoms with Crippen LogP contribution in [-0.2, 0) is 4.84 Å². The van der Waals surface area contributed by atoms with E-state index >= 15 is 0 Å². The second kappa shape index (κ2) is 9.92. The quantitative estimate of drug-likeness (QED) is 0.326. The van der Waals surface area contributed by atoms with Gasteiger partial charge in [-0.2, -0.15) is 4.39 Å². The van der Waals surface area contributed by atoms with Crippen LogP contribution in [0.2, 0.25) is 10.0 Å². The second-order valence-corrected chi connectivity index (χ2v) is 5.81. The van der Waals surface area contributed by atoms with Gasteiger partial charge >= 0.3 is 0 Å². The first kappa shape index (κ1) is 19.1. The first-order valence-electron chi connectivity index (χ1n) is 6.29. The molecule has 0 heterocycles. The maximum absolute atomic E-state index is 12.5. The highest BCUT2D eigenvalue weighted by atomic mass is 79.9. The zero-order valence-corrected chi connectivity index (χ0v) is 15.1. The minimum Gasteiger partial charge on any atom is -0.489 e. The normalized spacial score (nSPS) is 11.1. The molecule has 0 aliphatic carbocycles. The number of hydrogen-bond donors (Lipinski definition) is 0. The van der Waals surface area contributed by atoms with Crippen LogP contribution in [0.25, 0.3) is 0 Å². The van der Waals surface area contributed by atoms with E-state index in [1.165, 1.54) is 18.2 Å². The topological polar surface area (TPSA) is 40.0 Å². The summed E-state index contributed by atoms with van der Waals surface area (Å²) in [5, 5.41) is 4.36. The number of rotatable bonds is 8. The Hall–Kier alpha value is -0.980. The molecule has 0 radical (unpaired) electrons. The standard InChI is InChI=1S/C14H15BrCl2FNO3/c1-9(2)19-22-6-5-21-14-11(16)7-10(8-12(14)17)20-4-3-13(15)18/h3,7-8H,4-6H2,1-2H3/b13-3-. The van der Waals surface area contributed by atoms with E-state index in [4.69, 9.17) is 37.5 Å². The van der Waals surface area contributed by atoms with Crippen molar-refractivity contribution in [3.63, 3.8) is 0 Å². The Labute approximate surface area is 146 Å². The maximum Gasteiger partial charge on any atom is 0.165 e. The highest BCUT2D eigenvalue weighted by Crippen LogP contribution is 2.36. The number of oxime groups is 1. The molecule has 0 atom stereocenters. The van der Waals surface area contributed by atoms with Crippen molar-refractivity contribution in [1.82, 2.24) is 0 Å². The predicted octanol–water partition coefficient (Wildman–Crippen LogP) is 5.37. The van der Waals surface area contributed by atoms with Crippen molar-refractivity contribution >= 4 is 44.8 Å². The molecule has 4 nitrogen and oxygen atoms in total. The molecular weight excluding hydrogens is 400 g/mol. The molecule has 8 heteroatoms. The zero-order valence-electron chi connectivity index (χ0n) is 12.0.